The van der Waals surface area contributed by atoms with E-state index in [0.29, 0.717) is 34.2 Å². The number of hydrogen-bond donors (Lipinski definition) is 1. The van der Waals surface area contributed by atoms with Gasteiger partial charge in [0, 0.05) is 11.8 Å². The highest BCUT2D eigenvalue weighted by atomic mass is 32.2. The van der Waals surface area contributed by atoms with Crippen LogP contribution in [0.25, 0.3) is 0 Å². The molecule has 28 heavy (non-hydrogen) atoms. The molecule has 0 aliphatic heterocycles. The zero-order valence-corrected chi connectivity index (χ0v) is 17.4. The van der Waals surface area contributed by atoms with Gasteiger partial charge in [0.1, 0.15) is 22.6 Å². The van der Waals surface area contributed by atoms with E-state index in [2.05, 4.69) is 23.3 Å². The number of benzene rings is 1. The molecule has 1 N–H and O–H groups in total. The van der Waals surface area contributed by atoms with Gasteiger partial charge in [0.25, 0.3) is 0 Å². The summed E-state index contributed by atoms with van der Waals surface area (Å²) in [6.07, 6.45) is 2.40. The lowest BCUT2D eigenvalue weighted by Gasteiger charge is -2.17. The van der Waals surface area contributed by atoms with E-state index in [0.717, 1.165) is 18.5 Å². The van der Waals surface area contributed by atoms with Gasteiger partial charge in [-0.2, -0.15) is 5.26 Å². The SMILES string of the molecule is CCCc1ccc(C#N)c(SC(CC)C(=O)Nc2cc(OC)ccc2OC)n1. The molecule has 2 rings (SSSR count). The largest absolute Gasteiger partial charge is 0.497 e. The summed E-state index contributed by atoms with van der Waals surface area (Å²) >= 11 is 1.31. The van der Waals surface area contributed by atoms with E-state index in [-0.39, 0.29) is 5.91 Å². The van der Waals surface area contributed by atoms with Crippen LogP contribution in [0, 0.1) is 11.3 Å². The molecule has 0 spiro atoms. The predicted octanol–water partition coefficient (Wildman–Crippen LogP) is 4.43. The second kappa shape index (κ2) is 10.6. The summed E-state index contributed by atoms with van der Waals surface area (Å²) in [6.45, 7) is 4.01. The number of nitrogens with zero attached hydrogens (tertiary/aromatic N) is 2. The van der Waals surface area contributed by atoms with Gasteiger partial charge < -0.3 is 14.8 Å². The first-order valence-corrected chi connectivity index (χ1v) is 10.0. The highest BCUT2D eigenvalue weighted by Gasteiger charge is 2.22. The van der Waals surface area contributed by atoms with E-state index in [9.17, 15) is 10.1 Å². The monoisotopic (exact) mass is 399 g/mol. The number of hydrogen-bond acceptors (Lipinski definition) is 6. The minimum absolute atomic E-state index is 0.175. The Morgan fingerprint density at radius 2 is 2.04 bits per heavy atom. The van der Waals surface area contributed by atoms with E-state index in [1.165, 1.54) is 11.8 Å². The maximum absolute atomic E-state index is 12.9. The summed E-state index contributed by atoms with van der Waals surface area (Å²) in [6, 6.07) is 11.0. The minimum Gasteiger partial charge on any atom is -0.497 e. The number of anilines is 1. The van der Waals surface area contributed by atoms with Gasteiger partial charge in [-0.3, -0.25) is 4.79 Å². The number of carbonyl (C=O) groups is 1. The molecular weight excluding hydrogens is 374 g/mol. The Morgan fingerprint density at radius 3 is 2.64 bits per heavy atom. The minimum atomic E-state index is -0.396. The summed E-state index contributed by atoms with van der Waals surface area (Å²) in [5, 5.41) is 12.5. The van der Waals surface area contributed by atoms with Gasteiger partial charge in [-0.1, -0.05) is 32.0 Å². The molecular formula is C21H25N3O3S. The van der Waals surface area contributed by atoms with Crippen molar-refractivity contribution in [3.63, 3.8) is 0 Å². The lowest BCUT2D eigenvalue weighted by molar-refractivity contribution is -0.115. The van der Waals surface area contributed by atoms with Gasteiger partial charge in [-0.25, -0.2) is 4.98 Å². The number of nitrogens with one attached hydrogen (secondary N) is 1. The lowest BCUT2D eigenvalue weighted by atomic mass is 10.2. The average molecular weight is 400 g/mol. The molecule has 1 amide bonds. The van der Waals surface area contributed by atoms with E-state index in [1.54, 1.807) is 38.5 Å². The molecule has 1 aromatic carbocycles. The highest BCUT2D eigenvalue weighted by molar-refractivity contribution is 8.00. The highest BCUT2D eigenvalue weighted by Crippen LogP contribution is 2.32. The van der Waals surface area contributed by atoms with Crippen LogP contribution in [0.2, 0.25) is 0 Å². The Bertz CT molecular complexity index is 864. The van der Waals surface area contributed by atoms with Gasteiger partial charge in [-0.15, -0.1) is 0 Å². The number of aryl methyl sites for hydroxylation is 1. The van der Waals surface area contributed by atoms with Crippen molar-refractivity contribution in [2.45, 2.75) is 43.4 Å². The fourth-order valence-electron chi connectivity index (χ4n) is 2.63. The average Bonchev–Trinajstić information content (AvgIpc) is 2.72. The topological polar surface area (TPSA) is 84.2 Å². The molecule has 0 saturated heterocycles. The van der Waals surface area contributed by atoms with Crippen molar-refractivity contribution in [2.24, 2.45) is 0 Å². The molecule has 0 fully saturated rings. The Hall–Kier alpha value is -2.72. The number of aromatic nitrogens is 1. The molecule has 0 bridgehead atoms. The summed E-state index contributed by atoms with van der Waals surface area (Å²) < 4.78 is 10.6. The van der Waals surface area contributed by atoms with Gasteiger partial charge in [0.2, 0.25) is 5.91 Å². The van der Waals surface area contributed by atoms with E-state index >= 15 is 0 Å². The lowest BCUT2D eigenvalue weighted by Crippen LogP contribution is -2.25. The van der Waals surface area contributed by atoms with Crippen molar-refractivity contribution in [3.05, 3.63) is 41.6 Å². The van der Waals surface area contributed by atoms with Gasteiger partial charge >= 0.3 is 0 Å². The van der Waals surface area contributed by atoms with Crippen LogP contribution in [0.1, 0.15) is 37.9 Å². The molecule has 1 aromatic heterocycles. The third kappa shape index (κ3) is 5.40. The van der Waals surface area contributed by atoms with Gasteiger partial charge in [-0.05, 0) is 37.1 Å². The zero-order valence-electron chi connectivity index (χ0n) is 16.6. The summed E-state index contributed by atoms with van der Waals surface area (Å²) in [5.74, 6) is 0.998. The normalized spacial score (nSPS) is 11.4. The molecule has 6 nitrogen and oxygen atoms in total. The number of nitriles is 1. The number of ether oxygens (including phenoxy) is 2. The number of carbonyl (C=O) groups excluding carboxylic acids is 1. The van der Waals surface area contributed by atoms with E-state index < -0.39 is 5.25 Å². The first kappa shape index (κ1) is 21.6. The molecule has 148 valence electrons. The van der Waals surface area contributed by atoms with E-state index in [4.69, 9.17) is 9.47 Å². The third-order valence-corrected chi connectivity index (χ3v) is 5.49. The smallest absolute Gasteiger partial charge is 0.238 e. The van der Waals surface area contributed by atoms with Crippen LogP contribution in [0.5, 0.6) is 11.5 Å². The van der Waals surface area contributed by atoms with Crippen LogP contribution in [0.4, 0.5) is 5.69 Å². The van der Waals surface area contributed by atoms with Crippen molar-refractivity contribution in [3.8, 4) is 17.6 Å². The number of rotatable bonds is 9. The number of pyridine rings is 1. The van der Waals surface area contributed by atoms with Crippen LogP contribution in [-0.4, -0.2) is 30.4 Å². The number of amides is 1. The standard InChI is InChI=1S/C21H25N3O3S/c1-5-7-15-9-8-14(13-22)21(23-15)28-19(6-2)20(25)24-17-12-16(26-3)10-11-18(17)27-4/h8-12,19H,5-7H2,1-4H3,(H,24,25). The Labute approximate surface area is 170 Å². The van der Waals surface area contributed by atoms with Gasteiger partial charge in [0.15, 0.2) is 0 Å². The Kier molecular flexibility index (Phi) is 8.15. The molecule has 1 heterocycles. The molecule has 1 unspecified atom stereocenters. The summed E-state index contributed by atoms with van der Waals surface area (Å²) in [5.41, 5.74) is 1.95. The number of methoxy groups -OCH3 is 2. The van der Waals surface area contributed by atoms with Crippen molar-refractivity contribution < 1.29 is 14.3 Å². The molecule has 7 heteroatoms. The third-order valence-electron chi connectivity index (χ3n) is 4.13. The fraction of sp³-hybridized carbons (Fsp3) is 0.381. The van der Waals surface area contributed by atoms with Crippen molar-refractivity contribution in [1.29, 1.82) is 5.26 Å². The molecule has 0 saturated carbocycles. The van der Waals surface area contributed by atoms with Crippen LogP contribution < -0.4 is 14.8 Å². The molecule has 0 aliphatic carbocycles. The van der Waals surface area contributed by atoms with Crippen LogP contribution in [0.15, 0.2) is 35.4 Å². The molecule has 2 aromatic rings. The van der Waals surface area contributed by atoms with Crippen LogP contribution >= 0.6 is 11.8 Å². The second-order valence-corrected chi connectivity index (χ2v) is 7.28. The number of thioether (sulfide) groups is 1. The summed E-state index contributed by atoms with van der Waals surface area (Å²) in [7, 11) is 3.11. The van der Waals surface area contributed by atoms with Gasteiger partial charge in [0.05, 0.1) is 30.7 Å². The second-order valence-electron chi connectivity index (χ2n) is 6.09. The van der Waals surface area contributed by atoms with Crippen LogP contribution in [-0.2, 0) is 11.2 Å². The summed E-state index contributed by atoms with van der Waals surface area (Å²) in [4.78, 5) is 17.5. The van der Waals surface area contributed by atoms with Crippen molar-refractivity contribution >= 4 is 23.4 Å². The quantitative estimate of drug-likeness (QED) is 0.628. The fourth-order valence-corrected chi connectivity index (χ4v) is 3.64. The maximum Gasteiger partial charge on any atom is 0.238 e. The van der Waals surface area contributed by atoms with E-state index in [1.807, 2.05) is 13.0 Å². The predicted molar refractivity (Wildman–Crippen MR) is 111 cm³/mol. The zero-order chi connectivity index (χ0) is 20.5. The molecule has 1 atom stereocenters. The Balaban J connectivity index is 2.23. The van der Waals surface area contributed by atoms with Crippen LogP contribution in [0.3, 0.4) is 0 Å². The first-order chi connectivity index (χ1) is 13.6. The van der Waals surface area contributed by atoms with Crippen molar-refractivity contribution in [2.75, 3.05) is 19.5 Å². The van der Waals surface area contributed by atoms with Crippen molar-refractivity contribution in [1.82, 2.24) is 4.98 Å². The molecule has 0 aliphatic rings. The molecule has 0 radical (unpaired) electrons. The first-order valence-electron chi connectivity index (χ1n) is 9.15. The maximum atomic E-state index is 12.9. The Morgan fingerprint density at radius 1 is 1.25 bits per heavy atom.